The molecule has 0 aromatic rings. The van der Waals surface area contributed by atoms with Crippen LogP contribution in [0.2, 0.25) is 0 Å². The van der Waals surface area contributed by atoms with E-state index in [0.29, 0.717) is 37.8 Å². The van der Waals surface area contributed by atoms with Crippen LogP contribution < -0.4 is 5.32 Å². The molecule has 128 valence electrons. The van der Waals surface area contributed by atoms with Crippen LogP contribution in [0.1, 0.15) is 25.7 Å². The summed E-state index contributed by atoms with van der Waals surface area (Å²) in [6.07, 6.45) is 2.98. The van der Waals surface area contributed by atoms with E-state index in [9.17, 15) is 13.2 Å². The van der Waals surface area contributed by atoms with Crippen molar-refractivity contribution in [3.05, 3.63) is 0 Å². The summed E-state index contributed by atoms with van der Waals surface area (Å²) in [4.78, 5) is 11.9. The molecule has 3 fully saturated rings. The molecule has 0 bridgehead atoms. The fourth-order valence-corrected chi connectivity index (χ4v) is 6.39. The number of methoxy groups -OCH3 is 1. The minimum atomic E-state index is -3.40. The van der Waals surface area contributed by atoms with Crippen LogP contribution in [0.15, 0.2) is 0 Å². The first kappa shape index (κ1) is 18.0. The molecule has 1 aliphatic carbocycles. The lowest BCUT2D eigenvalue weighted by Crippen LogP contribution is -2.46. The third kappa shape index (κ3) is 3.13. The van der Waals surface area contributed by atoms with Crippen LogP contribution in [-0.2, 0) is 19.6 Å². The van der Waals surface area contributed by atoms with E-state index in [2.05, 4.69) is 5.32 Å². The van der Waals surface area contributed by atoms with Crippen LogP contribution in [-0.4, -0.2) is 57.2 Å². The van der Waals surface area contributed by atoms with Gasteiger partial charge in [0.25, 0.3) is 0 Å². The minimum Gasteiger partial charge on any atom is -0.469 e. The number of fused-ring (bicyclic) bond motifs is 1. The molecule has 0 aromatic carbocycles. The van der Waals surface area contributed by atoms with Crippen LogP contribution in [0.25, 0.3) is 0 Å². The summed E-state index contributed by atoms with van der Waals surface area (Å²) in [6.45, 7) is 3.01. The van der Waals surface area contributed by atoms with Gasteiger partial charge in [-0.1, -0.05) is 12.8 Å². The average Bonchev–Trinajstić information content (AvgIpc) is 3.08. The van der Waals surface area contributed by atoms with Gasteiger partial charge in [-0.3, -0.25) is 4.79 Å². The molecule has 6 nitrogen and oxygen atoms in total. The third-order valence-corrected chi connectivity index (χ3v) is 7.65. The zero-order valence-corrected chi connectivity index (χ0v) is 14.5. The molecule has 3 aliphatic rings. The van der Waals surface area contributed by atoms with E-state index in [-0.39, 0.29) is 18.4 Å². The Hall–Kier alpha value is -0.370. The van der Waals surface area contributed by atoms with Gasteiger partial charge < -0.3 is 10.1 Å². The van der Waals surface area contributed by atoms with Gasteiger partial charge in [0.05, 0.1) is 18.3 Å². The molecule has 2 unspecified atom stereocenters. The zero-order chi connectivity index (χ0) is 15.0. The van der Waals surface area contributed by atoms with Crippen LogP contribution in [0.3, 0.4) is 0 Å². The SMILES string of the molecule is COC(=O)C1CCCCC1S(=O)(=O)N1C[C@H]2CNC[C@H]2C1.Cl. The van der Waals surface area contributed by atoms with Crippen LogP contribution in [0.5, 0.6) is 0 Å². The first-order valence-electron chi connectivity index (χ1n) is 7.81. The number of rotatable bonds is 3. The zero-order valence-electron chi connectivity index (χ0n) is 12.9. The predicted octanol–water partition coefficient (Wildman–Crippen LogP) is 0.621. The highest BCUT2D eigenvalue weighted by atomic mass is 35.5. The fourth-order valence-electron chi connectivity index (χ4n) is 4.09. The Balaban J connectivity index is 0.00000176. The highest BCUT2D eigenvalue weighted by molar-refractivity contribution is 7.89. The van der Waals surface area contributed by atoms with Gasteiger partial charge in [0.1, 0.15) is 0 Å². The molecular weight excluding hydrogens is 328 g/mol. The van der Waals surface area contributed by atoms with Crippen LogP contribution >= 0.6 is 12.4 Å². The second kappa shape index (κ2) is 7.03. The Kier molecular flexibility index (Phi) is 5.74. The van der Waals surface area contributed by atoms with Gasteiger partial charge >= 0.3 is 5.97 Å². The van der Waals surface area contributed by atoms with E-state index >= 15 is 0 Å². The Morgan fingerprint density at radius 3 is 2.32 bits per heavy atom. The standard InChI is InChI=1S/C14H24N2O4S.ClH/c1-20-14(17)12-4-2-3-5-13(12)21(18,19)16-8-10-6-15-7-11(10)9-16;/h10-13,15H,2-9H2,1H3;1H/t10-,11+,12?,13?;. The van der Waals surface area contributed by atoms with E-state index in [1.807, 2.05) is 0 Å². The Morgan fingerprint density at radius 2 is 1.73 bits per heavy atom. The third-order valence-electron chi connectivity index (χ3n) is 5.30. The molecule has 8 heteroatoms. The van der Waals surface area contributed by atoms with Crippen molar-refractivity contribution in [1.82, 2.24) is 9.62 Å². The van der Waals surface area contributed by atoms with Crippen molar-refractivity contribution in [3.8, 4) is 0 Å². The van der Waals surface area contributed by atoms with Gasteiger partial charge in [-0.25, -0.2) is 12.7 Å². The molecule has 3 rings (SSSR count). The van der Waals surface area contributed by atoms with Gasteiger partial charge in [-0.05, 0) is 37.8 Å². The van der Waals surface area contributed by atoms with Gasteiger partial charge in [-0.15, -0.1) is 12.4 Å². The largest absolute Gasteiger partial charge is 0.469 e. The van der Waals surface area contributed by atoms with Crippen molar-refractivity contribution in [2.75, 3.05) is 33.3 Å². The van der Waals surface area contributed by atoms with Gasteiger partial charge in [-0.2, -0.15) is 0 Å². The maximum absolute atomic E-state index is 12.9. The normalized spacial score (nSPS) is 35.7. The van der Waals surface area contributed by atoms with Crippen molar-refractivity contribution < 1.29 is 17.9 Å². The predicted molar refractivity (Wildman–Crippen MR) is 85.4 cm³/mol. The summed E-state index contributed by atoms with van der Waals surface area (Å²) in [5, 5.41) is 2.72. The topological polar surface area (TPSA) is 75.7 Å². The number of hydrogen-bond donors (Lipinski definition) is 1. The van der Waals surface area contributed by atoms with Crippen LogP contribution in [0, 0.1) is 17.8 Å². The molecule has 2 aliphatic heterocycles. The summed E-state index contributed by atoms with van der Waals surface area (Å²) in [5.74, 6) is -0.00321. The van der Waals surface area contributed by atoms with E-state index in [1.54, 1.807) is 4.31 Å². The van der Waals surface area contributed by atoms with Gasteiger partial charge in [0, 0.05) is 13.1 Å². The monoisotopic (exact) mass is 352 g/mol. The molecule has 1 saturated carbocycles. The average molecular weight is 353 g/mol. The molecule has 4 atom stereocenters. The summed E-state index contributed by atoms with van der Waals surface area (Å²) < 4.78 is 32.3. The maximum atomic E-state index is 12.9. The fraction of sp³-hybridized carbons (Fsp3) is 0.929. The number of nitrogens with zero attached hydrogens (tertiary/aromatic N) is 1. The Labute approximate surface area is 138 Å². The van der Waals surface area contributed by atoms with Crippen molar-refractivity contribution in [3.63, 3.8) is 0 Å². The molecule has 0 amide bonds. The molecule has 2 heterocycles. The number of esters is 1. The second-order valence-electron chi connectivity index (χ2n) is 6.49. The molecule has 0 radical (unpaired) electrons. The van der Waals surface area contributed by atoms with E-state index in [1.165, 1.54) is 7.11 Å². The molecule has 0 spiro atoms. The quantitative estimate of drug-likeness (QED) is 0.754. The van der Waals surface area contributed by atoms with Gasteiger partial charge in [0.15, 0.2) is 0 Å². The second-order valence-corrected chi connectivity index (χ2v) is 8.64. The molecule has 1 N–H and O–H groups in total. The number of sulfonamides is 1. The Bertz CT molecular complexity index is 501. The summed E-state index contributed by atoms with van der Waals surface area (Å²) in [6, 6.07) is 0. The number of nitrogens with one attached hydrogen (secondary N) is 1. The summed E-state index contributed by atoms with van der Waals surface area (Å²) in [7, 11) is -2.06. The van der Waals surface area contributed by atoms with Crippen LogP contribution in [0.4, 0.5) is 0 Å². The lowest BCUT2D eigenvalue weighted by molar-refractivity contribution is -0.146. The first-order chi connectivity index (χ1) is 10.0. The lowest BCUT2D eigenvalue weighted by atomic mass is 9.89. The number of carbonyl (C=O) groups is 1. The number of ether oxygens (including phenoxy) is 1. The lowest BCUT2D eigenvalue weighted by Gasteiger charge is -2.32. The van der Waals surface area contributed by atoms with Crippen molar-refractivity contribution in [1.29, 1.82) is 0 Å². The maximum Gasteiger partial charge on any atom is 0.310 e. The summed E-state index contributed by atoms with van der Waals surface area (Å²) in [5.41, 5.74) is 0. The van der Waals surface area contributed by atoms with Crippen molar-refractivity contribution in [2.45, 2.75) is 30.9 Å². The molecule has 2 saturated heterocycles. The van der Waals surface area contributed by atoms with Gasteiger partial charge in [0.2, 0.25) is 10.0 Å². The molecular formula is C14H25ClN2O4S. The highest BCUT2D eigenvalue weighted by Crippen LogP contribution is 2.36. The first-order valence-corrected chi connectivity index (χ1v) is 9.32. The molecule has 0 aromatic heterocycles. The number of halogens is 1. The Morgan fingerprint density at radius 1 is 1.14 bits per heavy atom. The highest BCUT2D eigenvalue weighted by Gasteiger charge is 2.47. The van der Waals surface area contributed by atoms with E-state index in [0.717, 1.165) is 25.9 Å². The van der Waals surface area contributed by atoms with Crippen molar-refractivity contribution >= 4 is 28.4 Å². The van der Waals surface area contributed by atoms with E-state index < -0.39 is 21.2 Å². The van der Waals surface area contributed by atoms with E-state index in [4.69, 9.17) is 4.74 Å². The molecule has 22 heavy (non-hydrogen) atoms. The van der Waals surface area contributed by atoms with Crippen molar-refractivity contribution in [2.24, 2.45) is 17.8 Å². The summed E-state index contributed by atoms with van der Waals surface area (Å²) >= 11 is 0. The smallest absolute Gasteiger partial charge is 0.310 e. The number of carbonyl (C=O) groups excluding carboxylic acids is 1. The minimum absolute atomic E-state index is 0. The number of hydrogen-bond acceptors (Lipinski definition) is 5.